The number of nitrogens with one attached hydrogen (secondary N) is 2. The van der Waals surface area contributed by atoms with Gasteiger partial charge in [0.05, 0.1) is 18.1 Å². The summed E-state index contributed by atoms with van der Waals surface area (Å²) in [5.74, 6) is -0.264. The van der Waals surface area contributed by atoms with Crippen LogP contribution in [0, 0.1) is 5.92 Å². The van der Waals surface area contributed by atoms with E-state index in [0.717, 1.165) is 25.7 Å². The van der Waals surface area contributed by atoms with Crippen LogP contribution in [0.4, 0.5) is 0 Å². The van der Waals surface area contributed by atoms with Gasteiger partial charge in [-0.15, -0.1) is 0 Å². The number of ether oxygens (including phenoxy) is 2. The van der Waals surface area contributed by atoms with E-state index in [1.54, 1.807) is 36.4 Å². The van der Waals surface area contributed by atoms with Gasteiger partial charge < -0.3 is 20.1 Å². The van der Waals surface area contributed by atoms with Crippen LogP contribution in [-0.2, 0) is 9.53 Å². The number of pyridine rings is 1. The van der Waals surface area contributed by atoms with Gasteiger partial charge in [-0.2, -0.15) is 0 Å². The van der Waals surface area contributed by atoms with E-state index in [0.29, 0.717) is 28.6 Å². The van der Waals surface area contributed by atoms with Crippen LogP contribution >= 0.6 is 11.6 Å². The van der Waals surface area contributed by atoms with Crippen molar-refractivity contribution in [3.8, 4) is 5.88 Å². The molecule has 176 valence electrons. The molecule has 0 spiro atoms. The highest BCUT2D eigenvalue weighted by molar-refractivity contribution is 6.30. The van der Waals surface area contributed by atoms with E-state index < -0.39 is 0 Å². The Morgan fingerprint density at radius 3 is 2.12 bits per heavy atom. The van der Waals surface area contributed by atoms with E-state index in [-0.39, 0.29) is 42.9 Å². The molecule has 2 amide bonds. The number of nitrogens with zero attached hydrogens (tertiary/aromatic N) is 1. The second-order valence-corrected chi connectivity index (χ2v) is 8.18. The van der Waals surface area contributed by atoms with Crippen LogP contribution in [0.5, 0.6) is 5.88 Å². The summed E-state index contributed by atoms with van der Waals surface area (Å²) in [6.45, 7) is 2.77. The quantitative estimate of drug-likeness (QED) is 0.427. The number of carbonyl (C=O) groups excluding carboxylic acids is 3. The molecule has 2 aromatic rings. The molecule has 0 radical (unpaired) electrons. The largest absolute Gasteiger partial charge is 0.474 e. The third-order valence-electron chi connectivity index (χ3n) is 5.38. The number of rotatable bonds is 9. The third-order valence-corrected chi connectivity index (χ3v) is 5.63. The highest BCUT2D eigenvalue weighted by Crippen LogP contribution is 2.28. The number of carbonyl (C=O) groups is 3. The number of aromatic nitrogens is 1. The molecule has 1 aromatic carbocycles. The summed E-state index contributed by atoms with van der Waals surface area (Å²) < 4.78 is 11.0. The average molecular weight is 474 g/mol. The lowest BCUT2D eigenvalue weighted by Gasteiger charge is -2.27. The van der Waals surface area contributed by atoms with E-state index in [9.17, 15) is 14.4 Å². The summed E-state index contributed by atoms with van der Waals surface area (Å²) in [6, 6.07) is 9.87. The van der Waals surface area contributed by atoms with Crippen LogP contribution in [-0.4, -0.2) is 48.6 Å². The van der Waals surface area contributed by atoms with Crippen molar-refractivity contribution in [1.82, 2.24) is 15.6 Å². The molecule has 0 unspecified atom stereocenters. The minimum atomic E-state index is -0.287. The molecule has 1 aliphatic carbocycles. The lowest BCUT2D eigenvalue weighted by atomic mass is 9.87. The zero-order chi connectivity index (χ0) is 23.6. The van der Waals surface area contributed by atoms with E-state index in [4.69, 9.17) is 21.1 Å². The number of esters is 1. The molecule has 1 saturated carbocycles. The number of amides is 2. The molecule has 1 fully saturated rings. The van der Waals surface area contributed by atoms with Gasteiger partial charge in [0.15, 0.2) is 0 Å². The van der Waals surface area contributed by atoms with Gasteiger partial charge in [0.2, 0.25) is 5.88 Å². The van der Waals surface area contributed by atoms with Crippen molar-refractivity contribution in [2.24, 2.45) is 5.92 Å². The van der Waals surface area contributed by atoms with Crippen molar-refractivity contribution >= 4 is 29.4 Å². The maximum atomic E-state index is 12.3. The summed E-state index contributed by atoms with van der Waals surface area (Å²) in [5.41, 5.74) is 0.900. The van der Waals surface area contributed by atoms with Crippen LogP contribution in [0.3, 0.4) is 0 Å². The normalized spacial score (nSPS) is 17.6. The Balaban J connectivity index is 1.37. The number of benzene rings is 1. The molecule has 0 bridgehead atoms. The molecule has 3 rings (SSSR count). The van der Waals surface area contributed by atoms with E-state index in [1.807, 2.05) is 6.92 Å². The molecular weight excluding hydrogens is 446 g/mol. The lowest BCUT2D eigenvalue weighted by Crippen LogP contribution is -2.34. The topological polar surface area (TPSA) is 107 Å². The Bertz CT molecular complexity index is 942. The Labute approximate surface area is 198 Å². The molecule has 2 N–H and O–H groups in total. The summed E-state index contributed by atoms with van der Waals surface area (Å²) in [4.78, 5) is 40.4. The summed E-state index contributed by atoms with van der Waals surface area (Å²) in [6.07, 6.45) is 4.44. The summed E-state index contributed by atoms with van der Waals surface area (Å²) >= 11 is 5.81. The lowest BCUT2D eigenvalue weighted by molar-refractivity contribution is -0.149. The SMILES string of the molecule is CCOC(=O)[C@H]1CC[C@@H](Oc2ccc(C(=O)NCCNC(=O)c3ccc(Cl)cc3)cn2)CC1. The standard InChI is InChI=1S/C24H28ClN3O5/c1-2-32-24(31)17-5-10-20(11-6-17)33-21-12-7-18(15-28-21)23(30)27-14-13-26-22(29)16-3-8-19(25)9-4-16/h3-4,7-9,12,15,17,20H,2,5-6,10-11,13-14H2,1H3,(H,26,29)(H,27,30)/t17-,20+. The van der Waals surface area contributed by atoms with Crippen molar-refractivity contribution in [3.05, 3.63) is 58.7 Å². The molecule has 1 aliphatic rings. The minimum absolute atomic E-state index is 0.00731. The van der Waals surface area contributed by atoms with Gasteiger partial charge in [-0.1, -0.05) is 11.6 Å². The zero-order valence-corrected chi connectivity index (χ0v) is 19.3. The molecule has 1 heterocycles. The predicted octanol–water partition coefficient (Wildman–Crippen LogP) is 3.40. The van der Waals surface area contributed by atoms with Crippen LogP contribution in [0.25, 0.3) is 0 Å². The van der Waals surface area contributed by atoms with Crippen LogP contribution < -0.4 is 15.4 Å². The van der Waals surface area contributed by atoms with Crippen LogP contribution in [0.2, 0.25) is 5.02 Å². The van der Waals surface area contributed by atoms with Crippen LogP contribution in [0.15, 0.2) is 42.6 Å². The fourth-order valence-electron chi connectivity index (χ4n) is 3.59. The smallest absolute Gasteiger partial charge is 0.308 e. The van der Waals surface area contributed by atoms with Crippen molar-refractivity contribution in [2.45, 2.75) is 38.7 Å². The molecule has 0 aliphatic heterocycles. The molecule has 33 heavy (non-hydrogen) atoms. The van der Waals surface area contributed by atoms with Crippen molar-refractivity contribution in [3.63, 3.8) is 0 Å². The van der Waals surface area contributed by atoms with Gasteiger partial charge in [-0.25, -0.2) is 4.98 Å². The monoisotopic (exact) mass is 473 g/mol. The highest BCUT2D eigenvalue weighted by Gasteiger charge is 2.28. The first-order chi connectivity index (χ1) is 16.0. The fraction of sp³-hybridized carbons (Fsp3) is 0.417. The predicted molar refractivity (Wildman–Crippen MR) is 123 cm³/mol. The first kappa shape index (κ1) is 24.5. The number of halogens is 1. The van der Waals surface area contributed by atoms with Crippen molar-refractivity contribution in [2.75, 3.05) is 19.7 Å². The number of hydrogen-bond donors (Lipinski definition) is 2. The van der Waals surface area contributed by atoms with Gasteiger partial charge in [0, 0.05) is 35.9 Å². The summed E-state index contributed by atoms with van der Waals surface area (Å²) in [7, 11) is 0. The number of hydrogen-bond acceptors (Lipinski definition) is 6. The molecule has 1 aromatic heterocycles. The van der Waals surface area contributed by atoms with Gasteiger partial charge in [0.1, 0.15) is 6.10 Å². The zero-order valence-electron chi connectivity index (χ0n) is 18.5. The molecule has 8 nitrogen and oxygen atoms in total. The Morgan fingerprint density at radius 2 is 1.55 bits per heavy atom. The average Bonchev–Trinajstić information content (AvgIpc) is 2.83. The third kappa shape index (κ3) is 7.46. The van der Waals surface area contributed by atoms with Gasteiger partial charge in [-0.3, -0.25) is 14.4 Å². The van der Waals surface area contributed by atoms with Gasteiger partial charge in [0.25, 0.3) is 11.8 Å². The molecular formula is C24H28ClN3O5. The Hall–Kier alpha value is -3.13. The summed E-state index contributed by atoms with van der Waals surface area (Å²) in [5, 5.41) is 6.04. The Kier molecular flexibility index (Phi) is 9.06. The van der Waals surface area contributed by atoms with E-state index in [1.165, 1.54) is 6.20 Å². The van der Waals surface area contributed by atoms with E-state index >= 15 is 0 Å². The minimum Gasteiger partial charge on any atom is -0.474 e. The molecule has 9 heteroatoms. The molecule has 0 atom stereocenters. The fourth-order valence-corrected chi connectivity index (χ4v) is 3.72. The maximum Gasteiger partial charge on any atom is 0.308 e. The first-order valence-corrected chi connectivity index (χ1v) is 11.5. The Morgan fingerprint density at radius 1 is 0.939 bits per heavy atom. The second-order valence-electron chi connectivity index (χ2n) is 7.75. The van der Waals surface area contributed by atoms with E-state index in [2.05, 4.69) is 15.6 Å². The maximum absolute atomic E-state index is 12.3. The second kappa shape index (κ2) is 12.2. The van der Waals surface area contributed by atoms with Gasteiger partial charge >= 0.3 is 5.97 Å². The first-order valence-electron chi connectivity index (χ1n) is 11.1. The van der Waals surface area contributed by atoms with Crippen molar-refractivity contribution < 1.29 is 23.9 Å². The van der Waals surface area contributed by atoms with Gasteiger partial charge in [-0.05, 0) is 62.9 Å². The molecule has 0 saturated heterocycles. The van der Waals surface area contributed by atoms with Crippen LogP contribution in [0.1, 0.15) is 53.3 Å². The highest BCUT2D eigenvalue weighted by atomic mass is 35.5. The van der Waals surface area contributed by atoms with Crippen molar-refractivity contribution in [1.29, 1.82) is 0 Å².